The molecule has 3 atom stereocenters. The zero-order valence-corrected chi connectivity index (χ0v) is 12.8. The number of amides is 1. The number of nitrogens with one attached hydrogen (secondary N) is 1. The summed E-state index contributed by atoms with van der Waals surface area (Å²) in [6.45, 7) is 8.73. The van der Waals surface area contributed by atoms with E-state index in [1.807, 2.05) is 0 Å². The summed E-state index contributed by atoms with van der Waals surface area (Å²) in [5.41, 5.74) is 0.277. The zero-order chi connectivity index (χ0) is 13.8. The van der Waals surface area contributed by atoms with E-state index in [9.17, 15) is 4.79 Å². The highest BCUT2D eigenvalue weighted by Gasteiger charge is 2.57. The van der Waals surface area contributed by atoms with Crippen LogP contribution in [-0.4, -0.2) is 22.9 Å². The van der Waals surface area contributed by atoms with E-state index in [0.29, 0.717) is 12.0 Å². The SMILES string of the molecule is CC(C)C1NC(c2cccs2)N(C2CC2(C)C)C1=O. The van der Waals surface area contributed by atoms with Crippen molar-refractivity contribution in [3.05, 3.63) is 22.4 Å². The molecule has 0 radical (unpaired) electrons. The van der Waals surface area contributed by atoms with Gasteiger partial charge in [0.25, 0.3) is 0 Å². The van der Waals surface area contributed by atoms with Crippen molar-refractivity contribution < 1.29 is 4.79 Å². The second-order valence-corrected chi connectivity index (χ2v) is 7.74. The third kappa shape index (κ3) is 2.11. The van der Waals surface area contributed by atoms with Gasteiger partial charge >= 0.3 is 0 Å². The standard InChI is InChI=1S/C15H22N2OS/c1-9(2)12-14(18)17(11-8-15(11,3)4)13(16-12)10-6-5-7-19-10/h5-7,9,11-13,16H,8H2,1-4H3. The first kappa shape index (κ1) is 13.1. The molecule has 0 spiro atoms. The first-order chi connectivity index (χ1) is 8.92. The van der Waals surface area contributed by atoms with Crippen molar-refractivity contribution in [1.82, 2.24) is 10.2 Å². The van der Waals surface area contributed by atoms with Crippen LogP contribution in [-0.2, 0) is 4.79 Å². The first-order valence-electron chi connectivity index (χ1n) is 7.03. The maximum atomic E-state index is 12.7. The molecule has 0 bridgehead atoms. The number of hydrogen-bond donors (Lipinski definition) is 1. The van der Waals surface area contributed by atoms with Crippen LogP contribution in [0.5, 0.6) is 0 Å². The molecule has 2 heterocycles. The average molecular weight is 278 g/mol. The lowest BCUT2D eigenvalue weighted by atomic mass is 10.0. The largest absolute Gasteiger partial charge is 0.317 e. The topological polar surface area (TPSA) is 32.3 Å². The Bertz CT molecular complexity index is 480. The van der Waals surface area contributed by atoms with Gasteiger partial charge in [-0.2, -0.15) is 0 Å². The Labute approximate surface area is 119 Å². The fraction of sp³-hybridized carbons (Fsp3) is 0.667. The van der Waals surface area contributed by atoms with Crippen LogP contribution in [0.3, 0.4) is 0 Å². The molecule has 2 fully saturated rings. The molecule has 1 aliphatic carbocycles. The van der Waals surface area contributed by atoms with Crippen molar-refractivity contribution in [2.24, 2.45) is 11.3 Å². The first-order valence-corrected chi connectivity index (χ1v) is 7.91. The Morgan fingerprint density at radius 2 is 2.16 bits per heavy atom. The van der Waals surface area contributed by atoms with Crippen LogP contribution < -0.4 is 5.32 Å². The fourth-order valence-corrected chi connectivity index (χ4v) is 3.78. The second kappa shape index (κ2) is 4.32. The molecule has 1 saturated heterocycles. The number of carbonyl (C=O) groups is 1. The van der Waals surface area contributed by atoms with Crippen LogP contribution in [0.2, 0.25) is 0 Å². The summed E-state index contributed by atoms with van der Waals surface area (Å²) in [7, 11) is 0. The van der Waals surface area contributed by atoms with Gasteiger partial charge in [0.15, 0.2) is 0 Å². The van der Waals surface area contributed by atoms with Gasteiger partial charge in [-0.25, -0.2) is 0 Å². The van der Waals surface area contributed by atoms with Crippen LogP contribution >= 0.6 is 11.3 Å². The van der Waals surface area contributed by atoms with Gasteiger partial charge in [-0.3, -0.25) is 10.1 Å². The monoisotopic (exact) mass is 278 g/mol. The minimum absolute atomic E-state index is 0.0384. The van der Waals surface area contributed by atoms with Crippen LogP contribution in [0.15, 0.2) is 17.5 Å². The smallest absolute Gasteiger partial charge is 0.241 e. The van der Waals surface area contributed by atoms with Gasteiger partial charge in [0.2, 0.25) is 5.91 Å². The highest BCUT2D eigenvalue weighted by atomic mass is 32.1. The molecular weight excluding hydrogens is 256 g/mol. The number of nitrogens with zero attached hydrogens (tertiary/aromatic N) is 1. The van der Waals surface area contributed by atoms with Crippen LogP contribution in [0.25, 0.3) is 0 Å². The molecule has 1 saturated carbocycles. The van der Waals surface area contributed by atoms with Gasteiger partial charge in [-0.1, -0.05) is 33.8 Å². The van der Waals surface area contributed by atoms with Crippen molar-refractivity contribution in [2.75, 3.05) is 0 Å². The van der Waals surface area contributed by atoms with Crippen molar-refractivity contribution in [3.8, 4) is 0 Å². The quantitative estimate of drug-likeness (QED) is 0.922. The molecular formula is C15H22N2OS. The highest BCUT2D eigenvalue weighted by molar-refractivity contribution is 7.10. The van der Waals surface area contributed by atoms with E-state index in [1.165, 1.54) is 4.88 Å². The van der Waals surface area contributed by atoms with Crippen LogP contribution in [0.1, 0.15) is 45.2 Å². The van der Waals surface area contributed by atoms with E-state index in [1.54, 1.807) is 11.3 Å². The Hall–Kier alpha value is -0.870. The molecule has 4 heteroatoms. The van der Waals surface area contributed by atoms with Gasteiger partial charge in [0.1, 0.15) is 6.17 Å². The van der Waals surface area contributed by atoms with E-state index in [0.717, 1.165) is 6.42 Å². The molecule has 1 aliphatic heterocycles. The van der Waals surface area contributed by atoms with Crippen LogP contribution in [0.4, 0.5) is 0 Å². The summed E-state index contributed by atoms with van der Waals surface area (Å²) in [6, 6.07) is 4.54. The average Bonchev–Trinajstić information content (AvgIpc) is 2.76. The third-order valence-electron chi connectivity index (χ3n) is 4.41. The molecule has 3 nitrogen and oxygen atoms in total. The van der Waals surface area contributed by atoms with Crippen LogP contribution in [0, 0.1) is 11.3 Å². The molecule has 3 rings (SSSR count). The maximum absolute atomic E-state index is 12.7. The molecule has 2 aliphatic rings. The maximum Gasteiger partial charge on any atom is 0.241 e. The number of rotatable bonds is 3. The van der Waals surface area contributed by atoms with Gasteiger partial charge in [-0.05, 0) is 29.2 Å². The van der Waals surface area contributed by atoms with Gasteiger partial charge in [0.05, 0.1) is 6.04 Å². The molecule has 0 aromatic carbocycles. The Balaban J connectivity index is 1.91. The molecule has 1 aromatic heterocycles. The summed E-state index contributed by atoms with van der Waals surface area (Å²) >= 11 is 1.73. The zero-order valence-electron chi connectivity index (χ0n) is 12.0. The number of hydrogen-bond acceptors (Lipinski definition) is 3. The van der Waals surface area contributed by atoms with E-state index in [2.05, 4.69) is 55.4 Å². The molecule has 19 heavy (non-hydrogen) atoms. The highest BCUT2D eigenvalue weighted by Crippen LogP contribution is 2.52. The number of carbonyl (C=O) groups excluding carboxylic acids is 1. The van der Waals surface area contributed by atoms with E-state index < -0.39 is 0 Å². The lowest BCUT2D eigenvalue weighted by molar-refractivity contribution is -0.131. The molecule has 1 amide bonds. The van der Waals surface area contributed by atoms with Crippen molar-refractivity contribution in [2.45, 2.75) is 52.4 Å². The summed E-state index contributed by atoms with van der Waals surface area (Å²) in [5.74, 6) is 0.616. The fourth-order valence-electron chi connectivity index (χ4n) is 3.00. The third-order valence-corrected chi connectivity index (χ3v) is 5.34. The van der Waals surface area contributed by atoms with E-state index in [4.69, 9.17) is 0 Å². The summed E-state index contributed by atoms with van der Waals surface area (Å²) in [4.78, 5) is 16.0. The Morgan fingerprint density at radius 1 is 1.47 bits per heavy atom. The minimum Gasteiger partial charge on any atom is -0.317 e. The molecule has 1 aromatic rings. The Kier molecular flexibility index (Phi) is 2.98. The normalized spacial score (nSPS) is 33.2. The predicted molar refractivity (Wildman–Crippen MR) is 77.9 cm³/mol. The van der Waals surface area contributed by atoms with Gasteiger partial charge in [0, 0.05) is 10.9 Å². The summed E-state index contributed by atoms with van der Waals surface area (Å²) in [6.07, 6.45) is 1.19. The van der Waals surface area contributed by atoms with Crippen molar-refractivity contribution >= 4 is 17.2 Å². The second-order valence-electron chi connectivity index (χ2n) is 6.76. The Morgan fingerprint density at radius 3 is 2.63 bits per heavy atom. The minimum atomic E-state index is -0.0384. The van der Waals surface area contributed by atoms with E-state index >= 15 is 0 Å². The summed E-state index contributed by atoms with van der Waals surface area (Å²) in [5, 5.41) is 5.62. The molecule has 104 valence electrons. The molecule has 1 N–H and O–H groups in total. The summed E-state index contributed by atoms with van der Waals surface area (Å²) < 4.78 is 0. The van der Waals surface area contributed by atoms with Crippen molar-refractivity contribution in [3.63, 3.8) is 0 Å². The van der Waals surface area contributed by atoms with Gasteiger partial charge in [-0.15, -0.1) is 11.3 Å². The van der Waals surface area contributed by atoms with Gasteiger partial charge < -0.3 is 4.90 Å². The lowest BCUT2D eigenvalue weighted by Gasteiger charge is -2.25. The number of thiophene rings is 1. The predicted octanol–water partition coefficient (Wildman–Crippen LogP) is 3.00. The van der Waals surface area contributed by atoms with Crippen molar-refractivity contribution in [1.29, 1.82) is 0 Å². The molecule has 3 unspecified atom stereocenters. The van der Waals surface area contributed by atoms with E-state index in [-0.39, 0.29) is 23.5 Å². The lowest BCUT2D eigenvalue weighted by Crippen LogP contribution is -2.36.